The fourth-order valence-corrected chi connectivity index (χ4v) is 2.40. The van der Waals surface area contributed by atoms with Crippen LogP contribution in [0.15, 0.2) is 24.4 Å². The van der Waals surface area contributed by atoms with Gasteiger partial charge >= 0.3 is 0 Å². The van der Waals surface area contributed by atoms with Crippen LogP contribution in [0.2, 0.25) is 0 Å². The Morgan fingerprint density at radius 1 is 1.53 bits per heavy atom. The molecule has 0 amide bonds. The summed E-state index contributed by atoms with van der Waals surface area (Å²) < 4.78 is 5.60. The Kier molecular flexibility index (Phi) is 4.95. The summed E-state index contributed by atoms with van der Waals surface area (Å²) in [5, 5.41) is 3.61. The van der Waals surface area contributed by atoms with Crippen molar-refractivity contribution in [2.24, 2.45) is 5.92 Å². The lowest BCUT2D eigenvalue weighted by Crippen LogP contribution is -2.34. The molecule has 1 aromatic rings. The minimum absolute atomic E-state index is 0.344. The second kappa shape index (κ2) is 6.72. The number of aromatic nitrogens is 1. The second-order valence-corrected chi connectivity index (χ2v) is 4.66. The van der Waals surface area contributed by atoms with Crippen molar-refractivity contribution >= 4 is 0 Å². The molecule has 0 aromatic carbocycles. The molecule has 0 saturated carbocycles. The van der Waals surface area contributed by atoms with Crippen LogP contribution in [-0.2, 0) is 4.74 Å². The first-order valence-corrected chi connectivity index (χ1v) is 6.64. The highest BCUT2D eigenvalue weighted by atomic mass is 16.5. The maximum atomic E-state index is 5.60. The van der Waals surface area contributed by atoms with Gasteiger partial charge in [-0.25, -0.2) is 0 Å². The third kappa shape index (κ3) is 3.51. The van der Waals surface area contributed by atoms with E-state index < -0.39 is 0 Å². The molecule has 0 spiro atoms. The van der Waals surface area contributed by atoms with E-state index in [0.717, 1.165) is 31.9 Å². The summed E-state index contributed by atoms with van der Waals surface area (Å²) in [5.74, 6) is 0.560. The molecule has 1 aliphatic rings. The van der Waals surface area contributed by atoms with Gasteiger partial charge in [0.2, 0.25) is 0 Å². The van der Waals surface area contributed by atoms with Gasteiger partial charge in [0, 0.05) is 18.7 Å². The molecule has 2 atom stereocenters. The lowest BCUT2D eigenvalue weighted by atomic mass is 9.91. The first-order chi connectivity index (χ1) is 8.42. The first kappa shape index (κ1) is 12.5. The van der Waals surface area contributed by atoms with Crippen LogP contribution in [0, 0.1) is 5.92 Å². The zero-order valence-corrected chi connectivity index (χ0v) is 10.6. The van der Waals surface area contributed by atoms with Crippen LogP contribution in [0.3, 0.4) is 0 Å². The molecule has 17 heavy (non-hydrogen) atoms. The first-order valence-electron chi connectivity index (χ1n) is 6.64. The normalized spacial score (nSPS) is 22.3. The van der Waals surface area contributed by atoms with E-state index in [-0.39, 0.29) is 0 Å². The third-order valence-corrected chi connectivity index (χ3v) is 3.29. The van der Waals surface area contributed by atoms with Crippen LogP contribution in [0.25, 0.3) is 0 Å². The number of rotatable bonds is 5. The van der Waals surface area contributed by atoms with Crippen LogP contribution in [0.4, 0.5) is 0 Å². The molecule has 2 heterocycles. The van der Waals surface area contributed by atoms with Gasteiger partial charge in [-0.1, -0.05) is 13.0 Å². The van der Waals surface area contributed by atoms with Gasteiger partial charge in [-0.05, 0) is 37.9 Å². The molecule has 1 fully saturated rings. The highest BCUT2D eigenvalue weighted by Gasteiger charge is 2.25. The van der Waals surface area contributed by atoms with Crippen molar-refractivity contribution in [3.05, 3.63) is 30.1 Å². The van der Waals surface area contributed by atoms with E-state index in [4.69, 9.17) is 4.74 Å². The number of nitrogens with zero attached hydrogens (tertiary/aromatic N) is 1. The van der Waals surface area contributed by atoms with E-state index >= 15 is 0 Å². The number of nitrogens with one attached hydrogen (secondary N) is 1. The molecule has 1 aliphatic heterocycles. The predicted octanol–water partition coefficient (Wildman–Crippen LogP) is 2.55. The maximum Gasteiger partial charge on any atom is 0.0576 e. The average molecular weight is 234 g/mol. The molecule has 94 valence electrons. The fraction of sp³-hybridized carbons (Fsp3) is 0.643. The van der Waals surface area contributed by atoms with Gasteiger partial charge in [0.25, 0.3) is 0 Å². The van der Waals surface area contributed by atoms with Crippen LogP contribution in [-0.4, -0.2) is 24.7 Å². The number of ether oxygens (including phenoxy) is 1. The largest absolute Gasteiger partial charge is 0.381 e. The zero-order valence-electron chi connectivity index (χ0n) is 10.6. The quantitative estimate of drug-likeness (QED) is 0.850. The van der Waals surface area contributed by atoms with Crippen molar-refractivity contribution in [3.63, 3.8) is 0 Å². The highest BCUT2D eigenvalue weighted by molar-refractivity contribution is 5.10. The smallest absolute Gasteiger partial charge is 0.0576 e. The Balaban J connectivity index is 2.06. The lowest BCUT2D eigenvalue weighted by Gasteiger charge is -2.30. The Morgan fingerprint density at radius 3 is 3.12 bits per heavy atom. The van der Waals surface area contributed by atoms with Crippen LogP contribution >= 0.6 is 0 Å². The number of pyridine rings is 1. The number of hydrogen-bond donors (Lipinski definition) is 1. The van der Waals surface area contributed by atoms with E-state index in [0.29, 0.717) is 12.0 Å². The van der Waals surface area contributed by atoms with Gasteiger partial charge < -0.3 is 10.1 Å². The average Bonchev–Trinajstić information content (AvgIpc) is 2.42. The molecule has 0 bridgehead atoms. The molecule has 0 radical (unpaired) electrons. The molecule has 1 saturated heterocycles. The molecular formula is C14H22N2O. The van der Waals surface area contributed by atoms with E-state index in [1.165, 1.54) is 12.8 Å². The SMILES string of the molecule is CCCNC(c1ccccn1)C1CCCOC1. The van der Waals surface area contributed by atoms with Crippen LogP contribution < -0.4 is 5.32 Å². The summed E-state index contributed by atoms with van der Waals surface area (Å²) in [6.07, 6.45) is 5.43. The van der Waals surface area contributed by atoms with Crippen LogP contribution in [0.1, 0.15) is 37.9 Å². The predicted molar refractivity (Wildman–Crippen MR) is 68.8 cm³/mol. The van der Waals surface area contributed by atoms with Gasteiger partial charge in [0.1, 0.15) is 0 Å². The lowest BCUT2D eigenvalue weighted by molar-refractivity contribution is 0.0384. The van der Waals surface area contributed by atoms with Gasteiger partial charge in [-0.3, -0.25) is 4.98 Å². The summed E-state index contributed by atoms with van der Waals surface area (Å²) in [4.78, 5) is 4.49. The Hall–Kier alpha value is -0.930. The molecule has 3 nitrogen and oxygen atoms in total. The van der Waals surface area contributed by atoms with Crippen molar-refractivity contribution in [2.45, 2.75) is 32.2 Å². The highest BCUT2D eigenvalue weighted by Crippen LogP contribution is 2.27. The van der Waals surface area contributed by atoms with E-state index in [1.807, 2.05) is 12.3 Å². The van der Waals surface area contributed by atoms with Crippen molar-refractivity contribution in [1.82, 2.24) is 10.3 Å². The monoisotopic (exact) mass is 234 g/mol. The minimum Gasteiger partial charge on any atom is -0.381 e. The van der Waals surface area contributed by atoms with Gasteiger partial charge in [0.15, 0.2) is 0 Å². The van der Waals surface area contributed by atoms with Gasteiger partial charge in [0.05, 0.1) is 18.3 Å². The minimum atomic E-state index is 0.344. The molecule has 3 heteroatoms. The molecule has 2 rings (SSSR count). The Labute approximate surface area is 104 Å². The van der Waals surface area contributed by atoms with E-state index in [2.05, 4.69) is 29.4 Å². The zero-order chi connectivity index (χ0) is 11.9. The summed E-state index contributed by atoms with van der Waals surface area (Å²) >= 11 is 0. The van der Waals surface area contributed by atoms with Crippen molar-refractivity contribution in [2.75, 3.05) is 19.8 Å². The fourth-order valence-electron chi connectivity index (χ4n) is 2.40. The summed E-state index contributed by atoms with van der Waals surface area (Å²) in [5.41, 5.74) is 1.15. The molecule has 1 aromatic heterocycles. The van der Waals surface area contributed by atoms with E-state index in [9.17, 15) is 0 Å². The van der Waals surface area contributed by atoms with Crippen LogP contribution in [0.5, 0.6) is 0 Å². The van der Waals surface area contributed by atoms with E-state index in [1.54, 1.807) is 0 Å². The van der Waals surface area contributed by atoms with Crippen molar-refractivity contribution < 1.29 is 4.74 Å². The molecule has 2 unspecified atom stereocenters. The van der Waals surface area contributed by atoms with Gasteiger partial charge in [-0.15, -0.1) is 0 Å². The third-order valence-electron chi connectivity index (χ3n) is 3.29. The van der Waals surface area contributed by atoms with Crippen molar-refractivity contribution in [1.29, 1.82) is 0 Å². The Morgan fingerprint density at radius 2 is 2.47 bits per heavy atom. The summed E-state index contributed by atoms with van der Waals surface area (Å²) in [6, 6.07) is 6.49. The molecule has 1 N–H and O–H groups in total. The second-order valence-electron chi connectivity index (χ2n) is 4.66. The molecular weight excluding hydrogens is 212 g/mol. The summed E-state index contributed by atoms with van der Waals surface area (Å²) in [6.45, 7) is 5.01. The summed E-state index contributed by atoms with van der Waals surface area (Å²) in [7, 11) is 0. The Bertz CT molecular complexity index is 309. The number of hydrogen-bond acceptors (Lipinski definition) is 3. The maximum absolute atomic E-state index is 5.60. The topological polar surface area (TPSA) is 34.2 Å². The van der Waals surface area contributed by atoms with Crippen molar-refractivity contribution in [3.8, 4) is 0 Å². The standard InChI is InChI=1S/C14H22N2O/c1-2-8-16-14(12-6-5-10-17-11-12)13-7-3-4-9-15-13/h3-4,7,9,12,14,16H,2,5-6,8,10-11H2,1H3. The van der Waals surface area contributed by atoms with Gasteiger partial charge in [-0.2, -0.15) is 0 Å². The molecule has 0 aliphatic carbocycles.